The van der Waals surface area contributed by atoms with Crippen molar-refractivity contribution in [1.82, 2.24) is 0 Å². The molecule has 4 heteroatoms. The van der Waals surface area contributed by atoms with E-state index in [1.807, 2.05) is 0 Å². The fraction of sp³-hybridized carbons (Fsp3) is 0.125. The Hall–Kier alpha value is -0.540. The number of carbonyl (C=O) groups is 1. The molecule has 64 valence electrons. The maximum absolute atomic E-state index is 10.5. The van der Waals surface area contributed by atoms with E-state index in [-0.39, 0.29) is 0 Å². The first-order valence-corrected chi connectivity index (χ1v) is 4.34. The zero-order valence-electron chi connectivity index (χ0n) is 6.30. The van der Waals surface area contributed by atoms with Crippen LogP contribution in [0.25, 0.3) is 0 Å². The molecule has 0 N–H and O–H groups in total. The van der Waals surface area contributed by atoms with Gasteiger partial charge in [-0.05, 0) is 28.1 Å². The molecular formula is C8H6BrClO2. The summed E-state index contributed by atoms with van der Waals surface area (Å²) >= 11 is 8.98. The summed E-state index contributed by atoms with van der Waals surface area (Å²) in [6.45, 7) is 0. The summed E-state index contributed by atoms with van der Waals surface area (Å²) in [5, 5.41) is 0.498. The lowest BCUT2D eigenvalue weighted by molar-refractivity contribution is 0.112. The number of rotatable bonds is 2. The molecule has 1 aromatic carbocycles. The lowest BCUT2D eigenvalue weighted by Gasteiger charge is -2.04. The lowest BCUT2D eigenvalue weighted by atomic mass is 10.2. The molecule has 0 saturated heterocycles. The summed E-state index contributed by atoms with van der Waals surface area (Å²) in [6, 6.07) is 3.21. The van der Waals surface area contributed by atoms with Crippen LogP contribution in [-0.2, 0) is 0 Å². The maximum atomic E-state index is 10.5. The molecule has 0 saturated carbocycles. The molecule has 0 amide bonds. The molecule has 0 bridgehead atoms. The number of aldehydes is 1. The van der Waals surface area contributed by atoms with E-state index < -0.39 is 0 Å². The largest absolute Gasteiger partial charge is 0.496 e. The third kappa shape index (κ3) is 1.79. The molecule has 0 aromatic heterocycles. The lowest BCUT2D eigenvalue weighted by Crippen LogP contribution is -1.90. The van der Waals surface area contributed by atoms with Crippen LogP contribution in [0.4, 0.5) is 0 Å². The Balaban J connectivity index is 3.28. The van der Waals surface area contributed by atoms with Gasteiger partial charge < -0.3 is 4.74 Å². The predicted octanol–water partition coefficient (Wildman–Crippen LogP) is 2.92. The van der Waals surface area contributed by atoms with E-state index in [1.165, 1.54) is 7.11 Å². The third-order valence-electron chi connectivity index (χ3n) is 1.40. The number of hydrogen-bond acceptors (Lipinski definition) is 2. The van der Waals surface area contributed by atoms with Crippen LogP contribution in [0.2, 0.25) is 5.02 Å². The van der Waals surface area contributed by atoms with E-state index in [0.29, 0.717) is 27.1 Å². The predicted molar refractivity (Wildman–Crippen MR) is 51.1 cm³/mol. The van der Waals surface area contributed by atoms with E-state index in [1.54, 1.807) is 12.1 Å². The van der Waals surface area contributed by atoms with Crippen molar-refractivity contribution in [1.29, 1.82) is 0 Å². The van der Waals surface area contributed by atoms with Gasteiger partial charge in [0.05, 0.1) is 17.7 Å². The van der Waals surface area contributed by atoms with Crippen LogP contribution in [0, 0.1) is 0 Å². The highest BCUT2D eigenvalue weighted by Gasteiger charge is 2.05. The van der Waals surface area contributed by atoms with Crippen molar-refractivity contribution in [2.24, 2.45) is 0 Å². The van der Waals surface area contributed by atoms with Gasteiger partial charge in [0.2, 0.25) is 0 Å². The van der Waals surface area contributed by atoms with E-state index in [9.17, 15) is 4.79 Å². The number of methoxy groups -OCH3 is 1. The van der Waals surface area contributed by atoms with Gasteiger partial charge in [-0.3, -0.25) is 4.79 Å². The molecule has 0 heterocycles. The van der Waals surface area contributed by atoms with Gasteiger partial charge in [0.1, 0.15) is 5.75 Å². The van der Waals surface area contributed by atoms with E-state index >= 15 is 0 Å². The molecule has 0 aliphatic rings. The minimum Gasteiger partial charge on any atom is -0.496 e. The quantitative estimate of drug-likeness (QED) is 0.753. The van der Waals surface area contributed by atoms with Crippen LogP contribution in [-0.4, -0.2) is 13.4 Å². The molecular weight excluding hydrogens is 243 g/mol. The van der Waals surface area contributed by atoms with Crippen molar-refractivity contribution < 1.29 is 9.53 Å². The normalized spacial score (nSPS) is 9.58. The van der Waals surface area contributed by atoms with Gasteiger partial charge in [-0.15, -0.1) is 0 Å². The Kier molecular flexibility index (Phi) is 3.12. The van der Waals surface area contributed by atoms with Crippen molar-refractivity contribution in [3.63, 3.8) is 0 Å². The fourth-order valence-electron chi connectivity index (χ4n) is 0.813. The highest BCUT2D eigenvalue weighted by molar-refractivity contribution is 9.10. The molecule has 0 aliphatic carbocycles. The first kappa shape index (κ1) is 9.55. The van der Waals surface area contributed by atoms with Gasteiger partial charge in [0.25, 0.3) is 0 Å². The molecule has 1 rings (SSSR count). The van der Waals surface area contributed by atoms with Crippen molar-refractivity contribution in [3.8, 4) is 5.75 Å². The number of hydrogen-bond donors (Lipinski definition) is 0. The van der Waals surface area contributed by atoms with Gasteiger partial charge in [-0.25, -0.2) is 0 Å². The van der Waals surface area contributed by atoms with Crippen LogP contribution in [0.5, 0.6) is 5.75 Å². The summed E-state index contributed by atoms with van der Waals surface area (Å²) in [5.41, 5.74) is 0.450. The SMILES string of the molecule is COc1cc(Br)c(Cl)cc1C=O. The van der Waals surface area contributed by atoms with E-state index in [2.05, 4.69) is 15.9 Å². The minimum absolute atomic E-state index is 0.450. The number of benzene rings is 1. The molecule has 0 atom stereocenters. The van der Waals surface area contributed by atoms with E-state index in [0.717, 1.165) is 0 Å². The highest BCUT2D eigenvalue weighted by atomic mass is 79.9. The molecule has 0 radical (unpaired) electrons. The van der Waals surface area contributed by atoms with Gasteiger partial charge in [0, 0.05) is 4.47 Å². The number of halogens is 2. The van der Waals surface area contributed by atoms with Gasteiger partial charge in [-0.2, -0.15) is 0 Å². The Morgan fingerprint density at radius 1 is 1.58 bits per heavy atom. The van der Waals surface area contributed by atoms with Crippen LogP contribution < -0.4 is 4.74 Å². The topological polar surface area (TPSA) is 26.3 Å². The molecule has 0 unspecified atom stereocenters. The first-order chi connectivity index (χ1) is 5.69. The van der Waals surface area contributed by atoms with E-state index in [4.69, 9.17) is 16.3 Å². The second-order valence-electron chi connectivity index (χ2n) is 2.13. The third-order valence-corrected chi connectivity index (χ3v) is 2.60. The Morgan fingerprint density at radius 3 is 2.75 bits per heavy atom. The smallest absolute Gasteiger partial charge is 0.153 e. The van der Waals surface area contributed by atoms with Crippen molar-refractivity contribution in [3.05, 3.63) is 27.2 Å². The standard InChI is InChI=1S/C8H6BrClO2/c1-12-8-3-6(9)7(10)2-5(8)4-11/h2-4H,1H3. The fourth-order valence-corrected chi connectivity index (χ4v) is 1.31. The van der Waals surface area contributed by atoms with Gasteiger partial charge in [0.15, 0.2) is 6.29 Å². The average Bonchev–Trinajstić information content (AvgIpc) is 2.09. The highest BCUT2D eigenvalue weighted by Crippen LogP contribution is 2.29. The number of carbonyl (C=O) groups excluding carboxylic acids is 1. The van der Waals surface area contributed by atoms with Crippen molar-refractivity contribution in [2.45, 2.75) is 0 Å². The first-order valence-electron chi connectivity index (χ1n) is 3.17. The summed E-state index contributed by atoms with van der Waals surface area (Å²) in [4.78, 5) is 10.5. The minimum atomic E-state index is 0.450. The molecule has 12 heavy (non-hydrogen) atoms. The summed E-state index contributed by atoms with van der Waals surface area (Å²) < 4.78 is 5.67. The average molecular weight is 249 g/mol. The summed E-state index contributed by atoms with van der Waals surface area (Å²) in [6.07, 6.45) is 0.706. The Morgan fingerprint density at radius 2 is 2.25 bits per heavy atom. The molecule has 2 nitrogen and oxygen atoms in total. The van der Waals surface area contributed by atoms with Crippen LogP contribution in [0.3, 0.4) is 0 Å². The van der Waals surface area contributed by atoms with Crippen LogP contribution in [0.15, 0.2) is 16.6 Å². The molecule has 0 aliphatic heterocycles. The second kappa shape index (κ2) is 3.92. The van der Waals surface area contributed by atoms with Gasteiger partial charge >= 0.3 is 0 Å². The molecule has 0 spiro atoms. The Bertz CT molecular complexity index is 312. The van der Waals surface area contributed by atoms with Gasteiger partial charge in [-0.1, -0.05) is 11.6 Å². The summed E-state index contributed by atoms with van der Waals surface area (Å²) in [5.74, 6) is 0.515. The zero-order chi connectivity index (χ0) is 9.14. The van der Waals surface area contributed by atoms with Crippen LogP contribution >= 0.6 is 27.5 Å². The van der Waals surface area contributed by atoms with Crippen molar-refractivity contribution >= 4 is 33.8 Å². The Labute approximate surface area is 83.6 Å². The second-order valence-corrected chi connectivity index (χ2v) is 3.39. The van der Waals surface area contributed by atoms with Crippen LogP contribution in [0.1, 0.15) is 10.4 Å². The zero-order valence-corrected chi connectivity index (χ0v) is 8.65. The summed E-state index contributed by atoms with van der Waals surface area (Å²) in [7, 11) is 1.50. The maximum Gasteiger partial charge on any atom is 0.153 e. The molecule has 1 aromatic rings. The monoisotopic (exact) mass is 248 g/mol. The number of ether oxygens (including phenoxy) is 1. The van der Waals surface area contributed by atoms with Crippen molar-refractivity contribution in [2.75, 3.05) is 7.11 Å². The molecule has 0 fully saturated rings.